The van der Waals surface area contributed by atoms with Crippen LogP contribution in [0.1, 0.15) is 32.0 Å². The van der Waals surface area contributed by atoms with E-state index in [4.69, 9.17) is 4.74 Å². The van der Waals surface area contributed by atoms with Crippen LogP contribution < -0.4 is 5.56 Å². The van der Waals surface area contributed by atoms with Gasteiger partial charge in [0, 0.05) is 12.8 Å². The summed E-state index contributed by atoms with van der Waals surface area (Å²) in [5.74, 6) is 0.491. The van der Waals surface area contributed by atoms with Gasteiger partial charge in [0.2, 0.25) is 0 Å². The van der Waals surface area contributed by atoms with E-state index in [9.17, 15) is 9.59 Å². The molecule has 0 spiro atoms. The molecule has 0 radical (unpaired) electrons. The molecular formula is C15H18N2O3. The number of nitrogens with one attached hydrogen (secondary N) is 1. The molecule has 0 fully saturated rings. The van der Waals surface area contributed by atoms with Crippen LogP contribution in [0.5, 0.6) is 0 Å². The van der Waals surface area contributed by atoms with Crippen molar-refractivity contribution in [3.05, 3.63) is 40.4 Å². The average Bonchev–Trinajstić information content (AvgIpc) is 2.44. The molecule has 1 N–H and O–H groups in total. The van der Waals surface area contributed by atoms with E-state index in [0.29, 0.717) is 36.2 Å². The second-order valence-electron chi connectivity index (χ2n) is 4.54. The van der Waals surface area contributed by atoms with E-state index >= 15 is 0 Å². The molecule has 0 unspecified atom stereocenters. The molecule has 5 nitrogen and oxygen atoms in total. The number of esters is 1. The molecule has 0 atom stereocenters. The predicted octanol–water partition coefficient (Wildman–Crippen LogP) is 2.20. The van der Waals surface area contributed by atoms with Crippen LogP contribution in [0.4, 0.5) is 0 Å². The highest BCUT2D eigenvalue weighted by atomic mass is 16.5. The Balaban J connectivity index is 1.94. The van der Waals surface area contributed by atoms with Gasteiger partial charge in [-0.3, -0.25) is 9.59 Å². The summed E-state index contributed by atoms with van der Waals surface area (Å²) in [5, 5.41) is 0.600. The van der Waals surface area contributed by atoms with Crippen LogP contribution >= 0.6 is 0 Å². The molecule has 0 aliphatic carbocycles. The molecule has 0 saturated heterocycles. The van der Waals surface area contributed by atoms with E-state index in [2.05, 4.69) is 9.97 Å². The quantitative estimate of drug-likeness (QED) is 0.647. The van der Waals surface area contributed by atoms with Crippen LogP contribution in [0.2, 0.25) is 0 Å². The normalized spacial score (nSPS) is 10.7. The number of hydrogen-bond acceptors (Lipinski definition) is 4. The summed E-state index contributed by atoms with van der Waals surface area (Å²) >= 11 is 0. The second-order valence-corrected chi connectivity index (χ2v) is 4.54. The number of para-hydroxylation sites is 1. The van der Waals surface area contributed by atoms with E-state index in [1.165, 1.54) is 0 Å². The minimum absolute atomic E-state index is 0.115. The minimum Gasteiger partial charge on any atom is -0.466 e. The molecule has 5 heteroatoms. The van der Waals surface area contributed by atoms with Crippen LogP contribution in [-0.2, 0) is 16.0 Å². The second kappa shape index (κ2) is 6.84. The maximum absolute atomic E-state index is 11.9. The molecule has 1 aromatic carbocycles. The monoisotopic (exact) mass is 274 g/mol. The topological polar surface area (TPSA) is 72.0 Å². The summed E-state index contributed by atoms with van der Waals surface area (Å²) in [4.78, 5) is 30.2. The lowest BCUT2D eigenvalue weighted by Gasteiger charge is -2.03. The van der Waals surface area contributed by atoms with E-state index in [1.54, 1.807) is 13.0 Å². The molecule has 0 bridgehead atoms. The summed E-state index contributed by atoms with van der Waals surface area (Å²) in [5.41, 5.74) is 0.590. The van der Waals surface area contributed by atoms with Gasteiger partial charge in [0.15, 0.2) is 0 Å². The van der Waals surface area contributed by atoms with Crippen LogP contribution in [0.15, 0.2) is 29.1 Å². The average molecular weight is 274 g/mol. The molecule has 1 aromatic heterocycles. The zero-order valence-corrected chi connectivity index (χ0v) is 11.5. The van der Waals surface area contributed by atoms with Crippen molar-refractivity contribution < 1.29 is 9.53 Å². The third kappa shape index (κ3) is 3.66. The Morgan fingerprint density at radius 2 is 2.10 bits per heavy atom. The molecule has 0 aliphatic rings. The first-order valence-corrected chi connectivity index (χ1v) is 6.84. The van der Waals surface area contributed by atoms with Crippen LogP contribution in [0.25, 0.3) is 10.9 Å². The van der Waals surface area contributed by atoms with Crippen LogP contribution in [0, 0.1) is 0 Å². The van der Waals surface area contributed by atoms with Gasteiger partial charge in [-0.15, -0.1) is 0 Å². The number of rotatable bonds is 6. The van der Waals surface area contributed by atoms with Gasteiger partial charge in [0.05, 0.1) is 17.5 Å². The van der Waals surface area contributed by atoms with Gasteiger partial charge in [0.1, 0.15) is 5.82 Å². The van der Waals surface area contributed by atoms with Crippen molar-refractivity contribution in [1.29, 1.82) is 0 Å². The van der Waals surface area contributed by atoms with Gasteiger partial charge >= 0.3 is 5.97 Å². The van der Waals surface area contributed by atoms with Gasteiger partial charge in [-0.05, 0) is 31.9 Å². The number of unbranched alkanes of at least 4 members (excludes halogenated alkanes) is 1. The zero-order chi connectivity index (χ0) is 14.4. The molecule has 0 amide bonds. The number of hydrogen-bond donors (Lipinski definition) is 1. The van der Waals surface area contributed by atoms with Gasteiger partial charge < -0.3 is 9.72 Å². The number of H-pyrrole nitrogens is 1. The highest BCUT2D eigenvalue weighted by Crippen LogP contribution is 2.08. The molecule has 2 rings (SSSR count). The molecule has 1 heterocycles. The maximum atomic E-state index is 11.9. The van der Waals surface area contributed by atoms with Gasteiger partial charge in [-0.1, -0.05) is 12.1 Å². The fraction of sp³-hybridized carbons (Fsp3) is 0.400. The number of benzene rings is 1. The smallest absolute Gasteiger partial charge is 0.305 e. The van der Waals surface area contributed by atoms with Crippen molar-refractivity contribution in [2.24, 2.45) is 0 Å². The van der Waals surface area contributed by atoms with E-state index < -0.39 is 0 Å². The number of fused-ring (bicyclic) bond motifs is 1. The Labute approximate surface area is 117 Å². The molecule has 106 valence electrons. The molecule has 0 saturated carbocycles. The Morgan fingerprint density at radius 1 is 1.30 bits per heavy atom. The van der Waals surface area contributed by atoms with Crippen molar-refractivity contribution in [1.82, 2.24) is 9.97 Å². The largest absolute Gasteiger partial charge is 0.466 e. The standard InChI is InChI=1S/C15H18N2O3/c1-2-20-14(18)10-6-5-9-13-16-12-8-4-3-7-11(12)15(19)17-13/h3-4,7-8H,2,5-6,9-10H2,1H3,(H,16,17,19). The lowest BCUT2D eigenvalue weighted by molar-refractivity contribution is -0.143. The number of aromatic amines is 1. The van der Waals surface area contributed by atoms with Crippen molar-refractivity contribution in [3.63, 3.8) is 0 Å². The number of nitrogens with zero attached hydrogens (tertiary/aromatic N) is 1. The molecule has 20 heavy (non-hydrogen) atoms. The van der Waals surface area contributed by atoms with Gasteiger partial charge in [-0.25, -0.2) is 4.98 Å². The first kappa shape index (κ1) is 14.2. The SMILES string of the molecule is CCOC(=O)CCCCc1nc2ccccc2c(=O)[nH]1. The van der Waals surface area contributed by atoms with E-state index in [-0.39, 0.29) is 11.5 Å². The molecule has 2 aromatic rings. The lowest BCUT2D eigenvalue weighted by atomic mass is 10.2. The maximum Gasteiger partial charge on any atom is 0.305 e. The van der Waals surface area contributed by atoms with Crippen molar-refractivity contribution >= 4 is 16.9 Å². The fourth-order valence-corrected chi connectivity index (χ4v) is 2.05. The number of carbonyl (C=O) groups is 1. The van der Waals surface area contributed by atoms with Crippen LogP contribution in [-0.4, -0.2) is 22.5 Å². The Bertz CT molecular complexity index is 649. The van der Waals surface area contributed by atoms with Crippen LogP contribution in [0.3, 0.4) is 0 Å². The van der Waals surface area contributed by atoms with Gasteiger partial charge in [0.25, 0.3) is 5.56 Å². The summed E-state index contributed by atoms with van der Waals surface area (Å²) in [6.07, 6.45) is 2.58. The van der Waals surface area contributed by atoms with E-state index in [0.717, 1.165) is 12.8 Å². The Morgan fingerprint density at radius 3 is 2.90 bits per heavy atom. The summed E-state index contributed by atoms with van der Waals surface area (Å²) in [6.45, 7) is 2.21. The van der Waals surface area contributed by atoms with E-state index in [1.807, 2.05) is 18.2 Å². The fourth-order valence-electron chi connectivity index (χ4n) is 2.05. The summed E-state index contributed by atoms with van der Waals surface area (Å²) in [7, 11) is 0. The molecular weight excluding hydrogens is 256 g/mol. The zero-order valence-electron chi connectivity index (χ0n) is 11.5. The number of aryl methyl sites for hydroxylation is 1. The van der Waals surface area contributed by atoms with Crippen molar-refractivity contribution in [2.75, 3.05) is 6.61 Å². The predicted molar refractivity (Wildman–Crippen MR) is 76.6 cm³/mol. The summed E-state index contributed by atoms with van der Waals surface area (Å²) < 4.78 is 4.86. The third-order valence-corrected chi connectivity index (χ3v) is 3.01. The van der Waals surface area contributed by atoms with Gasteiger partial charge in [-0.2, -0.15) is 0 Å². The van der Waals surface area contributed by atoms with Crippen molar-refractivity contribution in [3.8, 4) is 0 Å². The number of ether oxygens (including phenoxy) is 1. The number of carbonyl (C=O) groups excluding carboxylic acids is 1. The minimum atomic E-state index is -0.174. The number of aromatic nitrogens is 2. The third-order valence-electron chi connectivity index (χ3n) is 3.01. The first-order chi connectivity index (χ1) is 9.70. The molecule has 0 aliphatic heterocycles. The Kier molecular flexibility index (Phi) is 4.87. The lowest BCUT2D eigenvalue weighted by Crippen LogP contribution is -2.12. The highest BCUT2D eigenvalue weighted by Gasteiger charge is 2.04. The summed E-state index contributed by atoms with van der Waals surface area (Å²) in [6, 6.07) is 7.26. The van der Waals surface area contributed by atoms with Crippen molar-refractivity contribution in [2.45, 2.75) is 32.6 Å². The first-order valence-electron chi connectivity index (χ1n) is 6.84. The Hall–Kier alpha value is -2.17. The highest BCUT2D eigenvalue weighted by molar-refractivity contribution is 5.77.